The molecule has 0 bridgehead atoms. The summed E-state index contributed by atoms with van der Waals surface area (Å²) in [4.78, 5) is 29.2. The Morgan fingerprint density at radius 2 is 2.00 bits per heavy atom. The Hall–Kier alpha value is -2.31. The normalized spacial score (nSPS) is 26.0. The highest BCUT2D eigenvalue weighted by Crippen LogP contribution is 2.55. The molecule has 1 amide bonds. The third-order valence-corrected chi connectivity index (χ3v) is 7.53. The van der Waals surface area contributed by atoms with Crippen molar-refractivity contribution in [3.8, 4) is 5.75 Å². The van der Waals surface area contributed by atoms with Gasteiger partial charge in [0.1, 0.15) is 16.9 Å². The Kier molecular flexibility index (Phi) is 4.90. The average molecular weight is 443 g/mol. The van der Waals surface area contributed by atoms with Crippen molar-refractivity contribution < 1.29 is 14.3 Å². The third kappa shape index (κ3) is 3.56. The lowest BCUT2D eigenvalue weighted by molar-refractivity contribution is -0.173. The first-order chi connectivity index (χ1) is 14.8. The largest absolute Gasteiger partial charge is 0.487 e. The summed E-state index contributed by atoms with van der Waals surface area (Å²) >= 11 is 6.26. The number of hydrogen-bond donors (Lipinski definition) is 1. The quantitative estimate of drug-likeness (QED) is 0.718. The van der Waals surface area contributed by atoms with E-state index in [-0.39, 0.29) is 40.1 Å². The van der Waals surface area contributed by atoms with Crippen LogP contribution in [0.15, 0.2) is 41.3 Å². The summed E-state index contributed by atoms with van der Waals surface area (Å²) in [6.45, 7) is 6.16. The lowest BCUT2D eigenvalue weighted by Gasteiger charge is -2.54. The van der Waals surface area contributed by atoms with Gasteiger partial charge in [0, 0.05) is 35.8 Å². The lowest BCUT2D eigenvalue weighted by atomic mass is 9.64. The van der Waals surface area contributed by atoms with Crippen LogP contribution in [0.2, 0.25) is 5.02 Å². The van der Waals surface area contributed by atoms with E-state index >= 15 is 0 Å². The molecule has 6 nitrogen and oxygen atoms in total. The summed E-state index contributed by atoms with van der Waals surface area (Å²) < 4.78 is 12.9. The number of rotatable bonds is 1. The van der Waals surface area contributed by atoms with Gasteiger partial charge in [0.25, 0.3) is 11.5 Å². The number of pyridine rings is 1. The summed E-state index contributed by atoms with van der Waals surface area (Å²) in [5, 5.41) is 0.687. The molecular formula is C24H27ClN2O4. The van der Waals surface area contributed by atoms with Crippen molar-refractivity contribution in [2.45, 2.75) is 44.8 Å². The Labute approximate surface area is 186 Å². The molecule has 2 atom stereocenters. The molecule has 1 spiro atoms. The zero-order chi connectivity index (χ0) is 21.8. The summed E-state index contributed by atoms with van der Waals surface area (Å²) in [5.74, 6) is 0.850. The van der Waals surface area contributed by atoms with Gasteiger partial charge in [0.05, 0.1) is 12.7 Å². The molecule has 3 aliphatic heterocycles. The minimum atomic E-state index is -0.358. The number of ether oxygens (including phenoxy) is 2. The van der Waals surface area contributed by atoms with E-state index in [1.165, 1.54) is 0 Å². The zero-order valence-corrected chi connectivity index (χ0v) is 18.6. The lowest BCUT2D eigenvalue weighted by Crippen LogP contribution is -2.54. The van der Waals surface area contributed by atoms with Crippen molar-refractivity contribution >= 4 is 17.5 Å². The van der Waals surface area contributed by atoms with Gasteiger partial charge < -0.3 is 19.4 Å². The van der Waals surface area contributed by atoms with E-state index in [2.05, 4.69) is 18.8 Å². The predicted molar refractivity (Wildman–Crippen MR) is 118 cm³/mol. The molecule has 2 aromatic rings. The molecule has 1 N–H and O–H groups in total. The number of fused-ring (bicyclic) bond motifs is 3. The smallest absolute Gasteiger partial charge is 0.260 e. The van der Waals surface area contributed by atoms with Crippen LogP contribution in [0.1, 0.15) is 55.1 Å². The highest BCUT2D eigenvalue weighted by atomic mass is 35.5. The molecule has 1 aromatic carbocycles. The van der Waals surface area contributed by atoms with E-state index in [4.69, 9.17) is 21.1 Å². The van der Waals surface area contributed by atoms with E-state index in [0.717, 1.165) is 30.6 Å². The molecule has 4 heterocycles. The van der Waals surface area contributed by atoms with E-state index in [0.29, 0.717) is 24.7 Å². The average Bonchev–Trinajstić information content (AvgIpc) is 2.75. The Balaban J connectivity index is 1.33. The number of nitrogens with one attached hydrogen (secondary N) is 1. The van der Waals surface area contributed by atoms with Gasteiger partial charge in [0.15, 0.2) is 0 Å². The summed E-state index contributed by atoms with van der Waals surface area (Å²) in [6, 6.07) is 9.01. The predicted octanol–water partition coefficient (Wildman–Crippen LogP) is 4.20. The fourth-order valence-corrected chi connectivity index (χ4v) is 5.60. The van der Waals surface area contributed by atoms with Gasteiger partial charge in [-0.2, -0.15) is 0 Å². The first-order valence-electron chi connectivity index (χ1n) is 10.9. The number of amides is 1. The van der Waals surface area contributed by atoms with Gasteiger partial charge in [-0.3, -0.25) is 9.59 Å². The number of H-pyrrole nitrogens is 1. The third-order valence-electron chi connectivity index (χ3n) is 7.29. The van der Waals surface area contributed by atoms with Crippen LogP contribution < -0.4 is 10.3 Å². The standard InChI is InChI=1S/C24H27ClN2O4/c1-23(2)18-13-24(14-30-20(18)17-12-15(25)5-6-19(17)31-23)7-10-27(11-8-24)22(29)16-4-3-9-26-21(16)28/h3-6,9,12,18,20H,7-8,10-11,13-14H2,1-2H3,(H,26,28)/t18-,20+/m0/s1. The Morgan fingerprint density at radius 3 is 2.74 bits per heavy atom. The Morgan fingerprint density at radius 1 is 1.23 bits per heavy atom. The second-order valence-corrected chi connectivity index (χ2v) is 10.1. The number of aromatic amines is 1. The number of aromatic nitrogens is 1. The van der Waals surface area contributed by atoms with Crippen LogP contribution in [0.3, 0.4) is 0 Å². The maximum absolute atomic E-state index is 12.8. The molecule has 1 aromatic heterocycles. The van der Waals surface area contributed by atoms with Crippen LogP contribution in [-0.4, -0.2) is 41.1 Å². The number of likely N-dealkylation sites (tertiary alicyclic amines) is 1. The van der Waals surface area contributed by atoms with Crippen LogP contribution in [0.4, 0.5) is 0 Å². The number of benzene rings is 1. The van der Waals surface area contributed by atoms with Gasteiger partial charge >= 0.3 is 0 Å². The maximum atomic E-state index is 12.8. The monoisotopic (exact) mass is 442 g/mol. The summed E-state index contributed by atoms with van der Waals surface area (Å²) in [5.41, 5.74) is 0.549. The first-order valence-corrected chi connectivity index (χ1v) is 11.2. The van der Waals surface area contributed by atoms with Crippen molar-refractivity contribution in [2.24, 2.45) is 11.3 Å². The number of halogens is 1. The SMILES string of the molecule is CC1(C)Oc2ccc(Cl)cc2[C@H]2OCC3(CCN(C(=O)c4ccc[nH]c4=O)CC3)C[C@@H]21. The number of carbonyl (C=O) groups is 1. The molecular weight excluding hydrogens is 416 g/mol. The Bertz CT molecular complexity index is 1070. The van der Waals surface area contributed by atoms with E-state index in [9.17, 15) is 9.59 Å². The molecule has 2 saturated heterocycles. The molecule has 0 unspecified atom stereocenters. The maximum Gasteiger partial charge on any atom is 0.260 e. The molecule has 0 aliphatic carbocycles. The molecule has 164 valence electrons. The van der Waals surface area contributed by atoms with Gasteiger partial charge in [0.2, 0.25) is 0 Å². The van der Waals surface area contributed by atoms with Crippen LogP contribution >= 0.6 is 11.6 Å². The van der Waals surface area contributed by atoms with Crippen molar-refractivity contribution in [1.82, 2.24) is 9.88 Å². The topological polar surface area (TPSA) is 71.6 Å². The first kappa shape index (κ1) is 20.6. The van der Waals surface area contributed by atoms with Crippen LogP contribution in [0, 0.1) is 11.3 Å². The summed E-state index contributed by atoms with van der Waals surface area (Å²) in [6.07, 6.45) is 4.19. The van der Waals surface area contributed by atoms with Crippen molar-refractivity contribution in [1.29, 1.82) is 0 Å². The molecule has 5 rings (SSSR count). The number of nitrogens with zero attached hydrogens (tertiary/aromatic N) is 1. The van der Waals surface area contributed by atoms with Crippen molar-refractivity contribution in [3.63, 3.8) is 0 Å². The van der Waals surface area contributed by atoms with Gasteiger partial charge in [-0.05, 0) is 68.9 Å². The highest BCUT2D eigenvalue weighted by molar-refractivity contribution is 6.30. The van der Waals surface area contributed by atoms with Crippen LogP contribution in [-0.2, 0) is 4.74 Å². The summed E-state index contributed by atoms with van der Waals surface area (Å²) in [7, 11) is 0. The highest BCUT2D eigenvalue weighted by Gasteiger charge is 2.53. The second kappa shape index (κ2) is 7.38. The molecule has 7 heteroatoms. The number of carbonyl (C=O) groups excluding carboxylic acids is 1. The van der Waals surface area contributed by atoms with Crippen LogP contribution in [0.25, 0.3) is 0 Å². The van der Waals surface area contributed by atoms with E-state index in [1.54, 1.807) is 23.2 Å². The number of piperidine rings is 1. The molecule has 0 radical (unpaired) electrons. The van der Waals surface area contributed by atoms with Crippen LogP contribution in [0.5, 0.6) is 5.75 Å². The van der Waals surface area contributed by atoms with Gasteiger partial charge in [-0.25, -0.2) is 0 Å². The minimum absolute atomic E-state index is 0.0117. The second-order valence-electron chi connectivity index (χ2n) is 9.64. The molecule has 31 heavy (non-hydrogen) atoms. The fraction of sp³-hybridized carbons (Fsp3) is 0.500. The van der Waals surface area contributed by atoms with Gasteiger partial charge in [-0.1, -0.05) is 11.6 Å². The van der Waals surface area contributed by atoms with Gasteiger partial charge in [-0.15, -0.1) is 0 Å². The van der Waals surface area contributed by atoms with E-state index in [1.807, 2.05) is 18.2 Å². The molecule has 3 aliphatic rings. The fourth-order valence-electron chi connectivity index (χ4n) is 5.42. The van der Waals surface area contributed by atoms with Crippen molar-refractivity contribution in [3.05, 3.63) is 63.0 Å². The minimum Gasteiger partial charge on any atom is -0.487 e. The zero-order valence-electron chi connectivity index (χ0n) is 17.8. The number of hydrogen-bond acceptors (Lipinski definition) is 4. The molecule has 0 saturated carbocycles. The molecule has 2 fully saturated rings. The van der Waals surface area contributed by atoms with Crippen molar-refractivity contribution in [2.75, 3.05) is 19.7 Å². The van der Waals surface area contributed by atoms with E-state index < -0.39 is 0 Å².